The van der Waals surface area contributed by atoms with Gasteiger partial charge in [-0.25, -0.2) is 17.8 Å². The van der Waals surface area contributed by atoms with Gasteiger partial charge in [0.1, 0.15) is 12.1 Å². The summed E-state index contributed by atoms with van der Waals surface area (Å²) >= 11 is 0. The Labute approximate surface area is 151 Å². The van der Waals surface area contributed by atoms with E-state index in [4.69, 9.17) is 0 Å². The second-order valence-corrected chi connectivity index (χ2v) is 7.56. The molecule has 1 aromatic heterocycles. The van der Waals surface area contributed by atoms with Gasteiger partial charge in [0.2, 0.25) is 15.9 Å². The Morgan fingerprint density at radius 3 is 2.58 bits per heavy atom. The monoisotopic (exact) mass is 373 g/mol. The number of para-hydroxylation sites is 1. The molecule has 0 spiro atoms. The summed E-state index contributed by atoms with van der Waals surface area (Å²) in [6.07, 6.45) is 0. The van der Waals surface area contributed by atoms with Crippen LogP contribution < -0.4 is 10.0 Å². The summed E-state index contributed by atoms with van der Waals surface area (Å²) < 4.78 is 28.3. The number of fused-ring (bicyclic) bond motifs is 1. The highest BCUT2D eigenvalue weighted by molar-refractivity contribution is 7.89. The molecule has 0 unspecified atom stereocenters. The number of carbonyl (C=O) groups is 1. The zero-order valence-electron chi connectivity index (χ0n) is 14.2. The van der Waals surface area contributed by atoms with Crippen molar-refractivity contribution in [2.24, 2.45) is 0 Å². The second kappa shape index (κ2) is 7.63. The molecule has 1 amide bonds. The van der Waals surface area contributed by atoms with Crippen LogP contribution in [0.5, 0.6) is 0 Å². The number of sulfonamides is 1. The molecule has 2 N–H and O–H groups in total. The van der Waals surface area contributed by atoms with Crippen molar-refractivity contribution in [2.45, 2.75) is 18.4 Å². The molecule has 0 fully saturated rings. The third kappa shape index (κ3) is 4.24. The molecule has 26 heavy (non-hydrogen) atoms. The number of hydrogen-bond acceptors (Lipinski definition) is 5. The smallest absolute Gasteiger partial charge is 0.241 e. The Morgan fingerprint density at radius 1 is 1.08 bits per heavy atom. The molecule has 0 saturated heterocycles. The van der Waals surface area contributed by atoms with Gasteiger partial charge in [0.05, 0.1) is 10.4 Å². The third-order valence-corrected chi connectivity index (χ3v) is 5.26. The molecule has 0 radical (unpaired) electrons. The minimum absolute atomic E-state index is 0.0191. The van der Waals surface area contributed by atoms with Gasteiger partial charge < -0.3 is 5.32 Å². The van der Waals surface area contributed by atoms with Crippen molar-refractivity contribution >= 4 is 27.0 Å². The summed E-state index contributed by atoms with van der Waals surface area (Å²) in [6, 6.07) is 13.9. The average Bonchev–Trinajstić information content (AvgIpc) is 3.02. The first-order valence-electron chi connectivity index (χ1n) is 8.07. The Hall–Kier alpha value is -2.78. The van der Waals surface area contributed by atoms with Crippen LogP contribution in [-0.4, -0.2) is 42.4 Å². The average molecular weight is 373 g/mol. The number of aryl methyl sites for hydroxylation is 1. The molecule has 0 atom stereocenters. The number of carbonyl (C=O) groups excluding carboxylic acids is 1. The van der Waals surface area contributed by atoms with Crippen LogP contribution in [-0.2, 0) is 21.4 Å². The molecule has 3 rings (SSSR count). The van der Waals surface area contributed by atoms with Crippen LogP contribution in [0.1, 0.15) is 5.56 Å². The van der Waals surface area contributed by atoms with Gasteiger partial charge >= 0.3 is 0 Å². The van der Waals surface area contributed by atoms with Crippen molar-refractivity contribution in [3.05, 3.63) is 54.1 Å². The minimum Gasteiger partial charge on any atom is -0.353 e. The van der Waals surface area contributed by atoms with Crippen molar-refractivity contribution in [3.63, 3.8) is 0 Å². The molecular formula is C17H19N5O3S. The number of nitrogens with one attached hydrogen (secondary N) is 2. The Kier molecular flexibility index (Phi) is 5.29. The number of nitrogens with zero attached hydrogens (tertiary/aromatic N) is 3. The Bertz CT molecular complexity index is 1010. The predicted octanol–water partition coefficient (Wildman–Crippen LogP) is 0.834. The van der Waals surface area contributed by atoms with Gasteiger partial charge in [-0.3, -0.25) is 4.79 Å². The Balaban J connectivity index is 1.49. The molecule has 8 nitrogen and oxygen atoms in total. The number of amides is 1. The summed E-state index contributed by atoms with van der Waals surface area (Å²) in [5, 5.41) is 10.6. The lowest BCUT2D eigenvalue weighted by Crippen LogP contribution is -2.36. The van der Waals surface area contributed by atoms with E-state index in [9.17, 15) is 13.2 Å². The van der Waals surface area contributed by atoms with E-state index in [1.807, 2.05) is 31.2 Å². The van der Waals surface area contributed by atoms with Crippen LogP contribution in [0, 0.1) is 6.92 Å². The third-order valence-electron chi connectivity index (χ3n) is 3.78. The maximum absolute atomic E-state index is 12.1. The number of aromatic nitrogens is 3. The summed E-state index contributed by atoms with van der Waals surface area (Å²) in [5.74, 6) is -0.268. The fraction of sp³-hybridized carbons (Fsp3) is 0.235. The zero-order valence-corrected chi connectivity index (χ0v) is 15.0. The lowest BCUT2D eigenvalue weighted by atomic mass is 10.2. The van der Waals surface area contributed by atoms with Crippen LogP contribution in [0.3, 0.4) is 0 Å². The van der Waals surface area contributed by atoms with Crippen LogP contribution in [0.25, 0.3) is 11.0 Å². The summed E-state index contributed by atoms with van der Waals surface area (Å²) in [7, 11) is -3.58. The molecule has 9 heteroatoms. The van der Waals surface area contributed by atoms with Gasteiger partial charge in [-0.1, -0.05) is 35.0 Å². The van der Waals surface area contributed by atoms with Gasteiger partial charge in [0.15, 0.2) is 0 Å². The molecule has 3 aromatic rings. The summed E-state index contributed by atoms with van der Waals surface area (Å²) in [4.78, 5) is 12.2. The number of rotatable bonds is 7. The highest BCUT2D eigenvalue weighted by Gasteiger charge is 2.13. The van der Waals surface area contributed by atoms with Crippen LogP contribution in [0.15, 0.2) is 53.4 Å². The summed E-state index contributed by atoms with van der Waals surface area (Å²) in [5.41, 5.74) is 2.46. The van der Waals surface area contributed by atoms with E-state index in [2.05, 4.69) is 20.4 Å². The van der Waals surface area contributed by atoms with Gasteiger partial charge in [-0.15, -0.1) is 5.10 Å². The fourth-order valence-electron chi connectivity index (χ4n) is 2.41. The van der Waals surface area contributed by atoms with Crippen LogP contribution >= 0.6 is 0 Å². The maximum Gasteiger partial charge on any atom is 0.241 e. The molecular weight excluding hydrogens is 354 g/mol. The Morgan fingerprint density at radius 2 is 1.81 bits per heavy atom. The molecule has 0 saturated carbocycles. The van der Waals surface area contributed by atoms with E-state index >= 15 is 0 Å². The van der Waals surface area contributed by atoms with Crippen LogP contribution in [0.2, 0.25) is 0 Å². The van der Waals surface area contributed by atoms with E-state index in [0.717, 1.165) is 11.1 Å². The first-order valence-corrected chi connectivity index (χ1v) is 9.55. The topological polar surface area (TPSA) is 106 Å². The highest BCUT2D eigenvalue weighted by Crippen LogP contribution is 2.10. The van der Waals surface area contributed by atoms with Crippen molar-refractivity contribution in [3.8, 4) is 0 Å². The van der Waals surface area contributed by atoms with Gasteiger partial charge in [-0.05, 0) is 31.2 Å². The highest BCUT2D eigenvalue weighted by atomic mass is 32.2. The van der Waals surface area contributed by atoms with Crippen molar-refractivity contribution in [1.29, 1.82) is 0 Å². The first kappa shape index (κ1) is 18.0. The van der Waals surface area contributed by atoms with Gasteiger partial charge in [-0.2, -0.15) is 0 Å². The maximum atomic E-state index is 12.1. The molecule has 2 aromatic carbocycles. The molecule has 1 heterocycles. The largest absolute Gasteiger partial charge is 0.353 e. The fourth-order valence-corrected chi connectivity index (χ4v) is 3.45. The molecule has 0 aliphatic heterocycles. The summed E-state index contributed by atoms with van der Waals surface area (Å²) in [6.45, 7) is 2.18. The van der Waals surface area contributed by atoms with Crippen LogP contribution in [0.4, 0.5) is 0 Å². The number of hydrogen-bond donors (Lipinski definition) is 2. The van der Waals surface area contributed by atoms with E-state index in [0.29, 0.717) is 5.52 Å². The standard InChI is InChI=1S/C17H19N5O3S/c1-13-6-8-14(9-7-13)26(24,25)19-11-10-18-17(23)12-22-16-5-3-2-4-15(16)20-21-22/h2-9,19H,10-12H2,1H3,(H,18,23). The van der Waals surface area contributed by atoms with E-state index in [-0.39, 0.29) is 30.4 Å². The lowest BCUT2D eigenvalue weighted by molar-refractivity contribution is -0.121. The minimum atomic E-state index is -3.58. The van der Waals surface area contributed by atoms with E-state index in [1.54, 1.807) is 24.3 Å². The normalized spacial score (nSPS) is 11.6. The predicted molar refractivity (Wildman–Crippen MR) is 96.9 cm³/mol. The molecule has 0 aliphatic rings. The van der Waals surface area contributed by atoms with Crippen molar-refractivity contribution < 1.29 is 13.2 Å². The quantitative estimate of drug-likeness (QED) is 0.597. The zero-order chi connectivity index (χ0) is 18.6. The lowest BCUT2D eigenvalue weighted by Gasteiger charge is -2.08. The van der Waals surface area contributed by atoms with Gasteiger partial charge in [0, 0.05) is 13.1 Å². The van der Waals surface area contributed by atoms with Gasteiger partial charge in [0.25, 0.3) is 0 Å². The van der Waals surface area contributed by atoms with E-state index in [1.165, 1.54) is 4.68 Å². The SMILES string of the molecule is Cc1ccc(S(=O)(=O)NCCNC(=O)Cn2nnc3ccccc32)cc1. The van der Waals surface area contributed by atoms with E-state index < -0.39 is 10.0 Å². The number of benzene rings is 2. The molecule has 136 valence electrons. The molecule has 0 bridgehead atoms. The molecule has 0 aliphatic carbocycles. The first-order chi connectivity index (χ1) is 12.5. The van der Waals surface area contributed by atoms with Crippen molar-refractivity contribution in [1.82, 2.24) is 25.0 Å². The second-order valence-electron chi connectivity index (χ2n) is 5.80. The van der Waals surface area contributed by atoms with Crippen molar-refractivity contribution in [2.75, 3.05) is 13.1 Å².